The largest absolute Gasteiger partial charge is 0.334 e. The summed E-state index contributed by atoms with van der Waals surface area (Å²) < 4.78 is 3.89. The van der Waals surface area contributed by atoms with Gasteiger partial charge in [-0.1, -0.05) is 18.2 Å². The van der Waals surface area contributed by atoms with E-state index in [1.54, 1.807) is 6.20 Å². The minimum atomic E-state index is -0.246. The van der Waals surface area contributed by atoms with Crippen molar-refractivity contribution in [2.24, 2.45) is 0 Å². The number of urea groups is 1. The molecule has 7 nitrogen and oxygen atoms in total. The quantitative estimate of drug-likeness (QED) is 0.739. The number of benzene rings is 1. The highest BCUT2D eigenvalue weighted by Gasteiger charge is 2.14. The number of hydrogen-bond acceptors (Lipinski definition) is 3. The Morgan fingerprint density at radius 2 is 1.96 bits per heavy atom. The summed E-state index contributed by atoms with van der Waals surface area (Å²) in [5.74, 6) is 0.903. The number of amides is 2. The van der Waals surface area contributed by atoms with Gasteiger partial charge in [-0.2, -0.15) is 5.10 Å². The zero-order valence-corrected chi connectivity index (χ0v) is 15.6. The molecule has 7 heteroatoms. The lowest BCUT2D eigenvalue weighted by atomic mass is 10.1. The Bertz CT molecular complexity index is 924. The van der Waals surface area contributed by atoms with Crippen LogP contribution in [0.4, 0.5) is 10.5 Å². The first-order chi connectivity index (χ1) is 12.5. The SMILES string of the molecule is CCn1nc(C)c(NC(=O)NCc2ccccc2-n2ccnc2C)c1C. The van der Waals surface area contributed by atoms with Gasteiger partial charge in [-0.05, 0) is 39.3 Å². The van der Waals surface area contributed by atoms with Crippen molar-refractivity contribution in [3.63, 3.8) is 0 Å². The molecular weight excluding hydrogens is 328 g/mol. The molecule has 0 aliphatic carbocycles. The van der Waals surface area contributed by atoms with E-state index in [-0.39, 0.29) is 6.03 Å². The fraction of sp³-hybridized carbons (Fsp3) is 0.316. The Labute approximate surface area is 153 Å². The van der Waals surface area contributed by atoms with Crippen molar-refractivity contribution in [1.82, 2.24) is 24.6 Å². The molecule has 2 amide bonds. The molecule has 3 aromatic rings. The van der Waals surface area contributed by atoms with E-state index in [9.17, 15) is 4.79 Å². The molecule has 0 fully saturated rings. The van der Waals surface area contributed by atoms with Gasteiger partial charge in [0, 0.05) is 25.5 Å². The lowest BCUT2D eigenvalue weighted by Gasteiger charge is -2.13. The van der Waals surface area contributed by atoms with Crippen molar-refractivity contribution >= 4 is 11.7 Å². The van der Waals surface area contributed by atoms with Crippen LogP contribution in [0.15, 0.2) is 36.7 Å². The molecule has 136 valence electrons. The maximum atomic E-state index is 12.4. The average Bonchev–Trinajstić information content (AvgIpc) is 3.18. The van der Waals surface area contributed by atoms with Gasteiger partial charge in [-0.3, -0.25) is 4.68 Å². The van der Waals surface area contributed by atoms with Crippen molar-refractivity contribution in [3.05, 3.63) is 59.4 Å². The molecule has 0 unspecified atom stereocenters. The van der Waals surface area contributed by atoms with Crippen LogP contribution in [-0.4, -0.2) is 25.4 Å². The van der Waals surface area contributed by atoms with Crippen molar-refractivity contribution < 1.29 is 4.79 Å². The smallest absolute Gasteiger partial charge is 0.319 e. The first-order valence-electron chi connectivity index (χ1n) is 8.68. The summed E-state index contributed by atoms with van der Waals surface area (Å²) in [7, 11) is 0. The monoisotopic (exact) mass is 352 g/mol. The van der Waals surface area contributed by atoms with Gasteiger partial charge in [0.25, 0.3) is 0 Å². The zero-order valence-electron chi connectivity index (χ0n) is 15.6. The second-order valence-corrected chi connectivity index (χ2v) is 6.14. The topological polar surface area (TPSA) is 76.8 Å². The number of para-hydroxylation sites is 1. The summed E-state index contributed by atoms with van der Waals surface area (Å²) in [5, 5.41) is 10.3. The second kappa shape index (κ2) is 7.43. The summed E-state index contributed by atoms with van der Waals surface area (Å²) in [4.78, 5) is 16.6. The van der Waals surface area contributed by atoms with Crippen LogP contribution in [0, 0.1) is 20.8 Å². The highest BCUT2D eigenvalue weighted by atomic mass is 16.2. The van der Waals surface area contributed by atoms with E-state index in [1.807, 2.05) is 67.4 Å². The van der Waals surface area contributed by atoms with E-state index >= 15 is 0 Å². The maximum absolute atomic E-state index is 12.4. The average molecular weight is 352 g/mol. The van der Waals surface area contributed by atoms with Gasteiger partial charge in [0.2, 0.25) is 0 Å². The van der Waals surface area contributed by atoms with Gasteiger partial charge in [-0.25, -0.2) is 9.78 Å². The summed E-state index contributed by atoms with van der Waals surface area (Å²) in [6.07, 6.45) is 3.68. The van der Waals surface area contributed by atoms with E-state index in [4.69, 9.17) is 0 Å². The Morgan fingerprint density at radius 1 is 1.19 bits per heavy atom. The summed E-state index contributed by atoms with van der Waals surface area (Å²) in [5.41, 5.74) is 4.56. The van der Waals surface area contributed by atoms with Crippen LogP contribution in [0.3, 0.4) is 0 Å². The normalized spacial score (nSPS) is 10.8. The van der Waals surface area contributed by atoms with Crippen LogP contribution in [0.2, 0.25) is 0 Å². The molecule has 0 radical (unpaired) electrons. The molecule has 0 aliphatic rings. The van der Waals surface area contributed by atoms with Crippen molar-refractivity contribution in [1.29, 1.82) is 0 Å². The Morgan fingerprint density at radius 3 is 2.62 bits per heavy atom. The van der Waals surface area contributed by atoms with Gasteiger partial charge >= 0.3 is 6.03 Å². The fourth-order valence-electron chi connectivity index (χ4n) is 3.05. The molecule has 1 aromatic carbocycles. The highest BCUT2D eigenvalue weighted by Crippen LogP contribution is 2.19. The van der Waals surface area contributed by atoms with Crippen LogP contribution in [0.25, 0.3) is 5.69 Å². The van der Waals surface area contributed by atoms with Crippen LogP contribution in [-0.2, 0) is 13.1 Å². The standard InChI is InChI=1S/C19H24N6O/c1-5-25-14(3)18(13(2)23-25)22-19(26)21-12-16-8-6-7-9-17(16)24-11-10-20-15(24)4/h6-11H,5,12H2,1-4H3,(H2,21,22,26). The number of carbonyl (C=O) groups is 1. The van der Waals surface area contributed by atoms with Crippen molar-refractivity contribution in [3.8, 4) is 5.69 Å². The third kappa shape index (κ3) is 3.46. The minimum Gasteiger partial charge on any atom is -0.334 e. The highest BCUT2D eigenvalue weighted by molar-refractivity contribution is 5.90. The predicted octanol–water partition coefficient (Wildman–Crippen LogP) is 3.34. The molecule has 2 heterocycles. The molecule has 0 atom stereocenters. The van der Waals surface area contributed by atoms with Gasteiger partial charge < -0.3 is 15.2 Å². The van der Waals surface area contributed by atoms with Crippen LogP contribution in [0.5, 0.6) is 0 Å². The van der Waals surface area contributed by atoms with Crippen molar-refractivity contribution in [2.75, 3.05) is 5.32 Å². The molecule has 2 N–H and O–H groups in total. The molecule has 0 saturated heterocycles. The first-order valence-corrected chi connectivity index (χ1v) is 8.68. The van der Waals surface area contributed by atoms with E-state index < -0.39 is 0 Å². The number of hydrogen-bond donors (Lipinski definition) is 2. The molecule has 0 spiro atoms. The Hall–Kier alpha value is -3.09. The van der Waals surface area contributed by atoms with Gasteiger partial charge in [-0.15, -0.1) is 0 Å². The predicted molar refractivity (Wildman–Crippen MR) is 102 cm³/mol. The summed E-state index contributed by atoms with van der Waals surface area (Å²) in [6, 6.07) is 7.71. The van der Waals surface area contributed by atoms with E-state index in [1.165, 1.54) is 0 Å². The number of aromatic nitrogens is 4. The summed E-state index contributed by atoms with van der Waals surface area (Å²) in [6.45, 7) is 9.02. The zero-order chi connectivity index (χ0) is 18.7. The molecule has 0 saturated carbocycles. The van der Waals surface area contributed by atoms with E-state index in [0.717, 1.165) is 40.7 Å². The number of imidazole rings is 1. The number of nitrogens with one attached hydrogen (secondary N) is 2. The van der Waals surface area contributed by atoms with Gasteiger partial charge in [0.15, 0.2) is 0 Å². The van der Waals surface area contributed by atoms with Crippen LogP contribution < -0.4 is 10.6 Å². The summed E-state index contributed by atoms with van der Waals surface area (Å²) >= 11 is 0. The molecular formula is C19H24N6O. The van der Waals surface area contributed by atoms with Gasteiger partial charge in [0.1, 0.15) is 5.82 Å². The molecule has 3 rings (SSSR count). The Kier molecular flexibility index (Phi) is 5.06. The molecule has 2 aromatic heterocycles. The van der Waals surface area contributed by atoms with Crippen LogP contribution in [0.1, 0.15) is 29.7 Å². The van der Waals surface area contributed by atoms with Crippen molar-refractivity contribution in [2.45, 2.75) is 40.8 Å². The lowest BCUT2D eigenvalue weighted by molar-refractivity contribution is 0.251. The maximum Gasteiger partial charge on any atom is 0.319 e. The van der Waals surface area contributed by atoms with Gasteiger partial charge in [0.05, 0.1) is 22.8 Å². The number of carbonyl (C=O) groups excluding carboxylic acids is 1. The van der Waals surface area contributed by atoms with E-state index in [2.05, 4.69) is 20.7 Å². The van der Waals surface area contributed by atoms with E-state index in [0.29, 0.717) is 6.54 Å². The van der Waals surface area contributed by atoms with Crippen LogP contribution >= 0.6 is 0 Å². The molecule has 0 aliphatic heterocycles. The molecule has 0 bridgehead atoms. The number of rotatable bonds is 5. The third-order valence-corrected chi connectivity index (χ3v) is 4.44. The first kappa shape index (κ1) is 17.7. The molecule has 26 heavy (non-hydrogen) atoms. The number of nitrogens with zero attached hydrogens (tertiary/aromatic N) is 4. The minimum absolute atomic E-state index is 0.246. The lowest BCUT2D eigenvalue weighted by Crippen LogP contribution is -2.29. The third-order valence-electron chi connectivity index (χ3n) is 4.44. The number of aryl methyl sites for hydroxylation is 3. The number of anilines is 1. The Balaban J connectivity index is 1.71. The fourth-order valence-corrected chi connectivity index (χ4v) is 3.05. The second-order valence-electron chi connectivity index (χ2n) is 6.14.